The number of hydrogen-bond acceptors (Lipinski definition) is 5. The molecule has 1 unspecified atom stereocenters. The van der Waals surface area contributed by atoms with Gasteiger partial charge in [0.1, 0.15) is 5.75 Å². The number of aliphatic hydroxyl groups is 1. The molecule has 0 bridgehead atoms. The van der Waals surface area contributed by atoms with Gasteiger partial charge in [-0.1, -0.05) is 12.1 Å². The minimum atomic E-state index is -0.449. The van der Waals surface area contributed by atoms with E-state index in [1.54, 1.807) is 19.2 Å². The number of nitro groups is 1. The first-order valence-corrected chi connectivity index (χ1v) is 6.40. The Morgan fingerprint density at radius 3 is 2.57 bits per heavy atom. The van der Waals surface area contributed by atoms with E-state index in [-0.39, 0.29) is 18.3 Å². The van der Waals surface area contributed by atoms with Crippen LogP contribution in [0.25, 0.3) is 0 Å². The number of nitrogens with zero attached hydrogens (tertiary/aromatic N) is 1. The summed E-state index contributed by atoms with van der Waals surface area (Å²) in [5, 5.41) is 23.3. The zero-order valence-corrected chi connectivity index (χ0v) is 11.5. The molecule has 0 aliphatic heterocycles. The normalized spacial score (nSPS) is 11.7. The summed E-state index contributed by atoms with van der Waals surface area (Å²) in [6, 6.07) is 13.1. The number of aliphatic hydroxyl groups excluding tert-OH is 1. The molecule has 0 aliphatic carbocycles. The number of rotatable bonds is 6. The van der Waals surface area contributed by atoms with Crippen molar-refractivity contribution in [2.24, 2.45) is 0 Å². The summed E-state index contributed by atoms with van der Waals surface area (Å²) in [6.45, 7) is -0.107. The van der Waals surface area contributed by atoms with Gasteiger partial charge in [-0.3, -0.25) is 10.1 Å². The largest absolute Gasteiger partial charge is 0.497 e. The van der Waals surface area contributed by atoms with Crippen LogP contribution < -0.4 is 10.1 Å². The van der Waals surface area contributed by atoms with E-state index in [9.17, 15) is 15.2 Å². The lowest BCUT2D eigenvalue weighted by Crippen LogP contribution is -2.14. The Kier molecular flexibility index (Phi) is 4.73. The molecule has 0 spiro atoms. The number of anilines is 1. The lowest BCUT2D eigenvalue weighted by molar-refractivity contribution is -0.384. The topological polar surface area (TPSA) is 84.6 Å². The Morgan fingerprint density at radius 1 is 1.29 bits per heavy atom. The van der Waals surface area contributed by atoms with Gasteiger partial charge in [-0.2, -0.15) is 0 Å². The first kappa shape index (κ1) is 14.8. The van der Waals surface area contributed by atoms with E-state index in [0.717, 1.165) is 5.56 Å². The molecule has 2 aromatic carbocycles. The molecule has 2 aromatic rings. The molecule has 6 heteroatoms. The zero-order chi connectivity index (χ0) is 15.2. The second-order valence-corrected chi connectivity index (χ2v) is 4.46. The minimum Gasteiger partial charge on any atom is -0.497 e. The fraction of sp³-hybridized carbons (Fsp3) is 0.200. The molecule has 0 radical (unpaired) electrons. The molecule has 21 heavy (non-hydrogen) atoms. The second kappa shape index (κ2) is 6.71. The van der Waals surface area contributed by atoms with Gasteiger partial charge in [0.25, 0.3) is 5.69 Å². The van der Waals surface area contributed by atoms with Gasteiger partial charge < -0.3 is 15.2 Å². The molecule has 2 N–H and O–H groups in total. The molecular weight excluding hydrogens is 272 g/mol. The van der Waals surface area contributed by atoms with Crippen LogP contribution in [0.1, 0.15) is 11.6 Å². The van der Waals surface area contributed by atoms with Crippen LogP contribution in [0, 0.1) is 10.1 Å². The van der Waals surface area contributed by atoms with Crippen molar-refractivity contribution >= 4 is 11.4 Å². The third-order valence-corrected chi connectivity index (χ3v) is 3.10. The van der Waals surface area contributed by atoms with Crippen LogP contribution in [0.4, 0.5) is 11.4 Å². The molecule has 110 valence electrons. The van der Waals surface area contributed by atoms with E-state index >= 15 is 0 Å². The van der Waals surface area contributed by atoms with Gasteiger partial charge in [-0.15, -0.1) is 0 Å². The summed E-state index contributed by atoms with van der Waals surface area (Å²) in [7, 11) is 1.58. The Bertz CT molecular complexity index is 613. The lowest BCUT2D eigenvalue weighted by atomic mass is 10.1. The maximum Gasteiger partial charge on any atom is 0.269 e. The van der Waals surface area contributed by atoms with Gasteiger partial charge in [-0.05, 0) is 29.8 Å². The number of methoxy groups -OCH3 is 1. The summed E-state index contributed by atoms with van der Waals surface area (Å²) in [5.74, 6) is 0.705. The average molecular weight is 288 g/mol. The van der Waals surface area contributed by atoms with Crippen molar-refractivity contribution in [3.63, 3.8) is 0 Å². The summed E-state index contributed by atoms with van der Waals surface area (Å²) < 4.78 is 5.16. The number of benzene rings is 2. The second-order valence-electron chi connectivity index (χ2n) is 4.46. The van der Waals surface area contributed by atoms with Crippen molar-refractivity contribution in [1.29, 1.82) is 0 Å². The predicted molar refractivity (Wildman–Crippen MR) is 79.5 cm³/mol. The van der Waals surface area contributed by atoms with Crippen LogP contribution in [-0.4, -0.2) is 23.7 Å². The summed E-state index contributed by atoms with van der Waals surface area (Å²) >= 11 is 0. The monoisotopic (exact) mass is 288 g/mol. The SMILES string of the molecule is COc1cccc(C(CO)Nc2ccc([N+](=O)[O-])cc2)c1. The van der Waals surface area contributed by atoms with Gasteiger partial charge in [-0.25, -0.2) is 0 Å². The quantitative estimate of drug-likeness (QED) is 0.630. The molecule has 2 rings (SSSR count). The third-order valence-electron chi connectivity index (χ3n) is 3.10. The van der Waals surface area contributed by atoms with Crippen LogP contribution >= 0.6 is 0 Å². The molecule has 0 amide bonds. The Balaban J connectivity index is 2.16. The fourth-order valence-corrected chi connectivity index (χ4v) is 1.97. The van der Waals surface area contributed by atoms with Crippen LogP contribution in [0.2, 0.25) is 0 Å². The lowest BCUT2D eigenvalue weighted by Gasteiger charge is -2.18. The highest BCUT2D eigenvalue weighted by Crippen LogP contribution is 2.24. The van der Waals surface area contributed by atoms with Crippen molar-refractivity contribution in [2.45, 2.75) is 6.04 Å². The smallest absolute Gasteiger partial charge is 0.269 e. The predicted octanol–water partition coefficient (Wildman–Crippen LogP) is 2.75. The third kappa shape index (κ3) is 3.70. The van der Waals surface area contributed by atoms with Gasteiger partial charge in [0.15, 0.2) is 0 Å². The summed E-state index contributed by atoms with van der Waals surface area (Å²) in [4.78, 5) is 10.2. The van der Waals surface area contributed by atoms with E-state index in [4.69, 9.17) is 4.74 Å². The van der Waals surface area contributed by atoms with Crippen molar-refractivity contribution in [2.75, 3.05) is 19.0 Å². The Labute approximate surface area is 122 Å². The molecule has 6 nitrogen and oxygen atoms in total. The van der Waals surface area contributed by atoms with E-state index in [2.05, 4.69) is 5.32 Å². The summed E-state index contributed by atoms with van der Waals surface area (Å²) in [5.41, 5.74) is 1.60. The zero-order valence-electron chi connectivity index (χ0n) is 11.5. The Hall–Kier alpha value is -2.60. The highest BCUT2D eigenvalue weighted by molar-refractivity contribution is 5.50. The maximum absolute atomic E-state index is 10.6. The van der Waals surface area contributed by atoms with Crippen LogP contribution in [0.5, 0.6) is 5.75 Å². The average Bonchev–Trinajstić information content (AvgIpc) is 2.53. The van der Waals surface area contributed by atoms with Crippen molar-refractivity contribution in [1.82, 2.24) is 0 Å². The van der Waals surface area contributed by atoms with E-state index in [1.807, 2.05) is 24.3 Å². The number of ether oxygens (including phenoxy) is 1. The van der Waals surface area contributed by atoms with Gasteiger partial charge in [0, 0.05) is 17.8 Å². The number of non-ortho nitro benzene ring substituents is 1. The minimum absolute atomic E-state index is 0.0301. The van der Waals surface area contributed by atoms with E-state index < -0.39 is 4.92 Å². The standard InChI is InChI=1S/C15H16N2O4/c1-21-14-4-2-3-11(9-14)15(10-18)16-12-5-7-13(8-6-12)17(19)20/h2-9,15-16,18H,10H2,1H3. The molecular formula is C15H16N2O4. The van der Waals surface area contributed by atoms with Crippen molar-refractivity contribution < 1.29 is 14.8 Å². The number of nitrogens with one attached hydrogen (secondary N) is 1. The van der Waals surface area contributed by atoms with Crippen LogP contribution in [0.3, 0.4) is 0 Å². The van der Waals surface area contributed by atoms with Crippen LogP contribution in [-0.2, 0) is 0 Å². The first-order valence-electron chi connectivity index (χ1n) is 6.40. The molecule has 0 aliphatic rings. The fourth-order valence-electron chi connectivity index (χ4n) is 1.97. The molecule has 0 heterocycles. The molecule has 0 fully saturated rings. The summed E-state index contributed by atoms with van der Waals surface area (Å²) in [6.07, 6.45) is 0. The van der Waals surface area contributed by atoms with E-state index in [1.165, 1.54) is 12.1 Å². The molecule has 0 aromatic heterocycles. The van der Waals surface area contributed by atoms with Crippen molar-refractivity contribution in [3.8, 4) is 5.75 Å². The first-order chi connectivity index (χ1) is 10.1. The van der Waals surface area contributed by atoms with Gasteiger partial charge >= 0.3 is 0 Å². The number of hydrogen-bond donors (Lipinski definition) is 2. The maximum atomic E-state index is 10.6. The highest BCUT2D eigenvalue weighted by atomic mass is 16.6. The van der Waals surface area contributed by atoms with Crippen LogP contribution in [0.15, 0.2) is 48.5 Å². The molecule has 0 saturated carbocycles. The van der Waals surface area contributed by atoms with Gasteiger partial charge in [0.05, 0.1) is 24.7 Å². The Morgan fingerprint density at radius 2 is 2.00 bits per heavy atom. The van der Waals surface area contributed by atoms with E-state index in [0.29, 0.717) is 11.4 Å². The molecule has 1 atom stereocenters. The number of nitro benzene ring substituents is 1. The van der Waals surface area contributed by atoms with Crippen molar-refractivity contribution in [3.05, 3.63) is 64.2 Å². The molecule has 0 saturated heterocycles. The highest BCUT2D eigenvalue weighted by Gasteiger charge is 2.12. The van der Waals surface area contributed by atoms with Gasteiger partial charge in [0.2, 0.25) is 0 Å².